The summed E-state index contributed by atoms with van der Waals surface area (Å²) in [7, 11) is 2.52. The van der Waals surface area contributed by atoms with Gasteiger partial charge in [0.2, 0.25) is 5.51 Å². The van der Waals surface area contributed by atoms with Gasteiger partial charge in [-0.15, -0.1) is 0 Å². The summed E-state index contributed by atoms with van der Waals surface area (Å²) in [4.78, 5) is 0. The molecule has 14 heavy (non-hydrogen) atoms. The third-order valence-corrected chi connectivity index (χ3v) is 5.51. The Morgan fingerprint density at radius 1 is 1.21 bits per heavy atom. The minimum atomic E-state index is -2.39. The molecule has 1 aromatic heterocycles. The summed E-state index contributed by atoms with van der Waals surface area (Å²) >= 11 is 1.67. The zero-order valence-electron chi connectivity index (χ0n) is 8.73. The van der Waals surface area contributed by atoms with E-state index in [1.165, 1.54) is 0 Å². The second kappa shape index (κ2) is 5.57. The second-order valence-corrected chi connectivity index (χ2v) is 6.66. The normalized spacial score (nSPS) is 11.9. The van der Waals surface area contributed by atoms with Gasteiger partial charge in [0.25, 0.3) is 0 Å². The van der Waals surface area contributed by atoms with E-state index in [9.17, 15) is 0 Å². The van der Waals surface area contributed by atoms with Gasteiger partial charge in [-0.2, -0.15) is 4.57 Å². The van der Waals surface area contributed by atoms with Crippen LogP contribution in [0.25, 0.3) is 0 Å². The highest BCUT2D eigenvalue weighted by molar-refractivity contribution is 7.07. The first-order valence-corrected chi connectivity index (χ1v) is 7.20. The molecule has 6 heteroatoms. The number of thiazole rings is 1. The summed E-state index contributed by atoms with van der Waals surface area (Å²) in [6.45, 7) is 0.866. The number of hydrogen-bond acceptors (Lipinski definition) is 4. The maximum Gasteiger partial charge on any atom is 0.506 e. The van der Waals surface area contributed by atoms with Crippen LogP contribution in [-0.4, -0.2) is 30.1 Å². The highest BCUT2D eigenvalue weighted by atomic mass is 32.1. The van der Waals surface area contributed by atoms with Gasteiger partial charge in [-0.3, -0.25) is 0 Å². The average molecular weight is 234 g/mol. The van der Waals surface area contributed by atoms with Crippen LogP contribution in [0.5, 0.6) is 0 Å². The number of aromatic nitrogens is 1. The standard InChI is InChI=1S/C8H16NO3SSi/c1-10-14(11-2,12-3)7-5-9-4-6-13-8-9/h4,6,8H,5,7H2,1-3H3/q+1. The van der Waals surface area contributed by atoms with E-state index in [0.717, 1.165) is 12.6 Å². The number of rotatable bonds is 6. The lowest BCUT2D eigenvalue weighted by atomic mass is 10.7. The van der Waals surface area contributed by atoms with Crippen LogP contribution in [-0.2, 0) is 19.8 Å². The van der Waals surface area contributed by atoms with E-state index in [1.54, 1.807) is 32.7 Å². The lowest BCUT2D eigenvalue weighted by Gasteiger charge is -2.22. The van der Waals surface area contributed by atoms with Crippen molar-refractivity contribution in [2.75, 3.05) is 21.3 Å². The molecule has 1 aromatic rings. The minimum absolute atomic E-state index is 0.790. The maximum atomic E-state index is 5.32. The maximum absolute atomic E-state index is 5.32. The Labute approximate surface area is 89.4 Å². The Balaban J connectivity index is 2.48. The van der Waals surface area contributed by atoms with Crippen molar-refractivity contribution in [3.63, 3.8) is 0 Å². The molecule has 0 amide bonds. The van der Waals surface area contributed by atoms with E-state index in [-0.39, 0.29) is 0 Å². The van der Waals surface area contributed by atoms with Gasteiger partial charge in [-0.1, -0.05) is 11.3 Å². The van der Waals surface area contributed by atoms with Crippen molar-refractivity contribution in [2.24, 2.45) is 0 Å². The SMILES string of the molecule is CO[Si](CC[n+]1ccsc1)(OC)OC. The molecular weight excluding hydrogens is 218 g/mol. The molecule has 0 spiro atoms. The van der Waals surface area contributed by atoms with Gasteiger partial charge in [0.05, 0.1) is 11.4 Å². The molecule has 0 fully saturated rings. The first-order valence-electron chi connectivity index (χ1n) is 4.33. The van der Waals surface area contributed by atoms with E-state index < -0.39 is 8.80 Å². The number of hydrogen-bond donors (Lipinski definition) is 0. The van der Waals surface area contributed by atoms with Gasteiger partial charge in [0, 0.05) is 21.3 Å². The molecule has 80 valence electrons. The molecule has 0 aliphatic carbocycles. The van der Waals surface area contributed by atoms with Gasteiger partial charge < -0.3 is 13.3 Å². The van der Waals surface area contributed by atoms with Gasteiger partial charge in [0.15, 0.2) is 12.7 Å². The van der Waals surface area contributed by atoms with Gasteiger partial charge in [-0.25, -0.2) is 0 Å². The molecule has 0 saturated heterocycles. The molecule has 0 aliphatic rings. The fourth-order valence-corrected chi connectivity index (χ4v) is 3.48. The van der Waals surface area contributed by atoms with Crippen LogP contribution in [0.2, 0.25) is 6.04 Å². The molecule has 1 rings (SSSR count). The summed E-state index contributed by atoms with van der Waals surface area (Å²) in [6.07, 6.45) is 2.03. The fraction of sp³-hybridized carbons (Fsp3) is 0.625. The van der Waals surface area contributed by atoms with E-state index in [0.29, 0.717) is 0 Å². The van der Waals surface area contributed by atoms with Crippen molar-refractivity contribution < 1.29 is 17.8 Å². The minimum Gasteiger partial charge on any atom is -0.377 e. The van der Waals surface area contributed by atoms with Crippen LogP contribution < -0.4 is 4.57 Å². The van der Waals surface area contributed by atoms with Crippen LogP contribution in [0, 0.1) is 0 Å². The summed E-state index contributed by atoms with van der Waals surface area (Å²) in [5.74, 6) is 0. The predicted octanol–water partition coefficient (Wildman–Crippen LogP) is 0.914. The second-order valence-electron chi connectivity index (χ2n) is 2.81. The zero-order chi connectivity index (χ0) is 10.4. The van der Waals surface area contributed by atoms with E-state index in [2.05, 4.69) is 10.1 Å². The highest BCUT2D eigenvalue weighted by Gasteiger charge is 2.38. The van der Waals surface area contributed by atoms with Gasteiger partial charge >= 0.3 is 8.80 Å². The molecule has 0 bridgehead atoms. The smallest absolute Gasteiger partial charge is 0.377 e. The summed E-state index contributed by atoms with van der Waals surface area (Å²) in [6, 6.07) is 0.790. The molecule has 0 unspecified atom stereocenters. The molecule has 1 heterocycles. The summed E-state index contributed by atoms with van der Waals surface area (Å²) in [5.41, 5.74) is 2.06. The van der Waals surface area contributed by atoms with Crippen LogP contribution in [0.4, 0.5) is 0 Å². The molecule has 0 saturated carbocycles. The molecule has 0 aromatic carbocycles. The summed E-state index contributed by atoms with van der Waals surface area (Å²) < 4.78 is 18.1. The largest absolute Gasteiger partial charge is 0.506 e. The quantitative estimate of drug-likeness (QED) is 0.542. The molecule has 0 atom stereocenters. The molecule has 4 nitrogen and oxygen atoms in total. The molecule has 0 radical (unpaired) electrons. The Morgan fingerprint density at radius 3 is 2.29 bits per heavy atom. The van der Waals surface area contributed by atoms with Crippen LogP contribution in [0.3, 0.4) is 0 Å². The Bertz CT molecular complexity index is 243. The van der Waals surface area contributed by atoms with E-state index >= 15 is 0 Å². The van der Waals surface area contributed by atoms with Crippen LogP contribution in [0.15, 0.2) is 17.1 Å². The molecule has 0 aliphatic heterocycles. The van der Waals surface area contributed by atoms with Crippen molar-refractivity contribution in [3.8, 4) is 0 Å². The van der Waals surface area contributed by atoms with Gasteiger partial charge in [0.1, 0.15) is 0 Å². The van der Waals surface area contributed by atoms with Crippen molar-refractivity contribution >= 4 is 20.1 Å². The van der Waals surface area contributed by atoms with Crippen molar-refractivity contribution in [1.29, 1.82) is 0 Å². The van der Waals surface area contributed by atoms with E-state index in [1.807, 2.05) is 11.6 Å². The third-order valence-electron chi connectivity index (χ3n) is 2.14. The highest BCUT2D eigenvalue weighted by Crippen LogP contribution is 2.11. The average Bonchev–Trinajstić information content (AvgIpc) is 2.74. The first-order chi connectivity index (χ1) is 6.76. The summed E-state index contributed by atoms with van der Waals surface area (Å²) in [5, 5.41) is 2.04. The van der Waals surface area contributed by atoms with Crippen molar-refractivity contribution in [1.82, 2.24) is 0 Å². The zero-order valence-corrected chi connectivity index (χ0v) is 10.5. The van der Waals surface area contributed by atoms with Crippen molar-refractivity contribution in [2.45, 2.75) is 12.6 Å². The predicted molar refractivity (Wildman–Crippen MR) is 56.1 cm³/mol. The molecule has 0 N–H and O–H groups in total. The Morgan fingerprint density at radius 2 is 1.86 bits per heavy atom. The first kappa shape index (κ1) is 11.8. The monoisotopic (exact) mass is 234 g/mol. The molecular formula is C8H16NO3SSi+. The Hall–Kier alpha value is -0.273. The third kappa shape index (κ3) is 2.86. The fourth-order valence-electron chi connectivity index (χ4n) is 1.21. The van der Waals surface area contributed by atoms with Gasteiger partial charge in [-0.05, 0) is 0 Å². The van der Waals surface area contributed by atoms with E-state index in [4.69, 9.17) is 13.3 Å². The lowest BCUT2D eigenvalue weighted by molar-refractivity contribution is -0.689. The van der Waals surface area contributed by atoms with Crippen LogP contribution in [0.1, 0.15) is 0 Å². The Kier molecular flexibility index (Phi) is 4.69. The number of nitrogens with zero attached hydrogens (tertiary/aromatic N) is 1. The van der Waals surface area contributed by atoms with Crippen LogP contribution >= 0.6 is 11.3 Å². The number of aryl methyl sites for hydroxylation is 1. The van der Waals surface area contributed by atoms with Crippen molar-refractivity contribution in [3.05, 3.63) is 17.1 Å². The lowest BCUT2D eigenvalue weighted by Crippen LogP contribution is -2.46. The topological polar surface area (TPSA) is 31.6 Å².